The minimum atomic E-state index is 0.484. The van der Waals surface area contributed by atoms with E-state index in [4.69, 9.17) is 11.6 Å². The first-order valence-corrected chi connectivity index (χ1v) is 5.73. The van der Waals surface area contributed by atoms with E-state index in [0.717, 1.165) is 17.2 Å². The van der Waals surface area contributed by atoms with Gasteiger partial charge in [-0.05, 0) is 32.6 Å². The lowest BCUT2D eigenvalue weighted by Crippen LogP contribution is -2.36. The van der Waals surface area contributed by atoms with Gasteiger partial charge in [-0.15, -0.1) is 0 Å². The fourth-order valence-corrected chi connectivity index (χ4v) is 1.95. The summed E-state index contributed by atoms with van der Waals surface area (Å²) in [5.74, 6) is 1.45. The van der Waals surface area contributed by atoms with Gasteiger partial charge in [0.15, 0.2) is 11.0 Å². The molecule has 1 fully saturated rings. The van der Waals surface area contributed by atoms with Crippen LogP contribution in [0.3, 0.4) is 0 Å². The van der Waals surface area contributed by atoms with Crippen LogP contribution in [-0.2, 0) is 0 Å². The number of aryl methyl sites for hydroxylation is 2. The van der Waals surface area contributed by atoms with Gasteiger partial charge in [-0.2, -0.15) is 0 Å². The van der Waals surface area contributed by atoms with E-state index in [0.29, 0.717) is 17.1 Å². The van der Waals surface area contributed by atoms with Crippen molar-refractivity contribution in [3.05, 3.63) is 16.5 Å². The topological polar surface area (TPSA) is 37.8 Å². The van der Waals surface area contributed by atoms with Crippen LogP contribution in [-0.4, -0.2) is 16.0 Å². The van der Waals surface area contributed by atoms with Gasteiger partial charge in [-0.1, -0.05) is 18.5 Å². The van der Waals surface area contributed by atoms with Crippen molar-refractivity contribution in [2.24, 2.45) is 5.92 Å². The molecule has 0 saturated heterocycles. The maximum absolute atomic E-state index is 6.04. The van der Waals surface area contributed by atoms with Crippen molar-refractivity contribution < 1.29 is 0 Å². The number of nitrogens with one attached hydrogen (secondary N) is 1. The minimum Gasteiger partial charge on any atom is -0.365 e. The van der Waals surface area contributed by atoms with Crippen LogP contribution in [0, 0.1) is 19.8 Å². The molecule has 0 radical (unpaired) electrons. The molecule has 4 heteroatoms. The average Bonchev–Trinajstić information content (AvgIpc) is 2.19. The zero-order valence-electron chi connectivity index (χ0n) is 9.34. The summed E-state index contributed by atoms with van der Waals surface area (Å²) in [5.41, 5.74) is 1.83. The first-order valence-electron chi connectivity index (χ1n) is 5.35. The molecule has 82 valence electrons. The highest BCUT2D eigenvalue weighted by atomic mass is 35.5. The summed E-state index contributed by atoms with van der Waals surface area (Å²) in [6.45, 7) is 6.11. The lowest BCUT2D eigenvalue weighted by Gasteiger charge is -2.35. The van der Waals surface area contributed by atoms with Gasteiger partial charge >= 0.3 is 0 Å². The molecule has 3 nitrogen and oxygen atoms in total. The predicted molar refractivity (Wildman–Crippen MR) is 62.3 cm³/mol. The summed E-state index contributed by atoms with van der Waals surface area (Å²) in [6.07, 6.45) is 2.49. The van der Waals surface area contributed by atoms with E-state index in [1.54, 1.807) is 0 Å². The van der Waals surface area contributed by atoms with E-state index < -0.39 is 0 Å². The maximum Gasteiger partial charge on any atom is 0.171 e. The SMILES string of the molecule is Cc1nc(Cl)c(NC2CCC2C)nc1C. The highest BCUT2D eigenvalue weighted by Gasteiger charge is 2.27. The number of hydrogen-bond acceptors (Lipinski definition) is 3. The van der Waals surface area contributed by atoms with Gasteiger partial charge in [0, 0.05) is 6.04 Å². The molecule has 1 heterocycles. The fraction of sp³-hybridized carbons (Fsp3) is 0.636. The van der Waals surface area contributed by atoms with E-state index in [9.17, 15) is 0 Å². The van der Waals surface area contributed by atoms with E-state index in [2.05, 4.69) is 22.2 Å². The summed E-state index contributed by atoms with van der Waals surface area (Å²) in [7, 11) is 0. The quantitative estimate of drug-likeness (QED) is 0.841. The molecular weight excluding hydrogens is 210 g/mol. The van der Waals surface area contributed by atoms with Crippen LogP contribution in [0.2, 0.25) is 5.15 Å². The summed E-state index contributed by atoms with van der Waals surface area (Å²) in [5, 5.41) is 3.84. The van der Waals surface area contributed by atoms with Gasteiger partial charge in [-0.25, -0.2) is 9.97 Å². The van der Waals surface area contributed by atoms with Gasteiger partial charge in [0.25, 0.3) is 0 Å². The van der Waals surface area contributed by atoms with Crippen molar-refractivity contribution >= 4 is 17.4 Å². The van der Waals surface area contributed by atoms with E-state index >= 15 is 0 Å². The molecule has 0 spiro atoms. The normalized spacial score (nSPS) is 24.8. The number of hydrogen-bond donors (Lipinski definition) is 1. The third-order valence-electron chi connectivity index (χ3n) is 3.21. The molecule has 0 aliphatic heterocycles. The Hall–Kier alpha value is -0.830. The van der Waals surface area contributed by atoms with E-state index in [-0.39, 0.29) is 0 Å². The van der Waals surface area contributed by atoms with Crippen molar-refractivity contribution in [3.63, 3.8) is 0 Å². The minimum absolute atomic E-state index is 0.484. The standard InChI is InChI=1S/C11H16ClN3/c1-6-4-5-9(6)15-11-10(12)13-7(2)8(3)14-11/h6,9H,4-5H2,1-3H3,(H,14,15). The summed E-state index contributed by atoms with van der Waals surface area (Å²) < 4.78 is 0. The van der Waals surface area contributed by atoms with E-state index in [1.807, 2.05) is 13.8 Å². The fourth-order valence-electron chi connectivity index (χ4n) is 1.72. The molecule has 2 unspecified atom stereocenters. The summed E-state index contributed by atoms with van der Waals surface area (Å²) >= 11 is 6.04. The van der Waals surface area contributed by atoms with Crippen molar-refractivity contribution in [1.82, 2.24) is 9.97 Å². The van der Waals surface area contributed by atoms with Crippen molar-refractivity contribution in [2.45, 2.75) is 39.7 Å². The van der Waals surface area contributed by atoms with Gasteiger partial charge in [0.05, 0.1) is 11.4 Å². The van der Waals surface area contributed by atoms with Gasteiger partial charge in [0.1, 0.15) is 0 Å². The molecule has 0 bridgehead atoms. The Labute approximate surface area is 95.3 Å². The Morgan fingerprint density at radius 1 is 1.20 bits per heavy atom. The molecule has 1 aromatic rings. The second-order valence-electron chi connectivity index (χ2n) is 4.34. The van der Waals surface area contributed by atoms with Gasteiger partial charge in [0.2, 0.25) is 0 Å². The third kappa shape index (κ3) is 2.07. The lowest BCUT2D eigenvalue weighted by molar-refractivity contribution is 0.303. The molecule has 1 aliphatic carbocycles. The molecule has 1 N–H and O–H groups in total. The number of halogens is 1. The van der Waals surface area contributed by atoms with Crippen LogP contribution in [0.15, 0.2) is 0 Å². The second kappa shape index (κ2) is 3.97. The number of rotatable bonds is 2. The smallest absolute Gasteiger partial charge is 0.171 e. The highest BCUT2D eigenvalue weighted by Crippen LogP contribution is 2.31. The molecule has 1 saturated carbocycles. The maximum atomic E-state index is 6.04. The average molecular weight is 226 g/mol. The van der Waals surface area contributed by atoms with Crippen LogP contribution >= 0.6 is 11.6 Å². The lowest BCUT2D eigenvalue weighted by atomic mass is 9.81. The van der Waals surface area contributed by atoms with Crippen LogP contribution in [0.25, 0.3) is 0 Å². The van der Waals surface area contributed by atoms with Gasteiger partial charge < -0.3 is 5.32 Å². The van der Waals surface area contributed by atoms with Crippen LogP contribution < -0.4 is 5.32 Å². The first kappa shape index (κ1) is 10.7. The predicted octanol–water partition coefficient (Wildman–Crippen LogP) is 2.96. The van der Waals surface area contributed by atoms with Crippen molar-refractivity contribution in [1.29, 1.82) is 0 Å². The molecule has 2 rings (SSSR count). The first-order chi connectivity index (χ1) is 7.08. The van der Waals surface area contributed by atoms with Crippen LogP contribution in [0.5, 0.6) is 0 Å². The molecule has 0 amide bonds. The Morgan fingerprint density at radius 2 is 1.87 bits per heavy atom. The Kier molecular flexibility index (Phi) is 2.83. The van der Waals surface area contributed by atoms with Crippen molar-refractivity contribution in [3.8, 4) is 0 Å². The number of aromatic nitrogens is 2. The molecule has 1 aromatic heterocycles. The van der Waals surface area contributed by atoms with Crippen LogP contribution in [0.1, 0.15) is 31.2 Å². The summed E-state index contributed by atoms with van der Waals surface area (Å²) in [4.78, 5) is 8.67. The van der Waals surface area contributed by atoms with E-state index in [1.165, 1.54) is 12.8 Å². The third-order valence-corrected chi connectivity index (χ3v) is 3.47. The Morgan fingerprint density at radius 3 is 2.40 bits per heavy atom. The number of nitrogens with zero attached hydrogens (tertiary/aromatic N) is 2. The highest BCUT2D eigenvalue weighted by molar-refractivity contribution is 6.31. The molecule has 0 aromatic carbocycles. The Balaban J connectivity index is 2.17. The summed E-state index contributed by atoms with van der Waals surface area (Å²) in [6, 6.07) is 0.513. The molecular formula is C11H16ClN3. The van der Waals surface area contributed by atoms with Gasteiger partial charge in [-0.3, -0.25) is 0 Å². The molecule has 15 heavy (non-hydrogen) atoms. The monoisotopic (exact) mass is 225 g/mol. The molecule has 2 atom stereocenters. The molecule has 1 aliphatic rings. The van der Waals surface area contributed by atoms with Crippen LogP contribution in [0.4, 0.5) is 5.82 Å². The second-order valence-corrected chi connectivity index (χ2v) is 4.70. The Bertz CT molecular complexity index is 378. The zero-order valence-corrected chi connectivity index (χ0v) is 10.1. The largest absolute Gasteiger partial charge is 0.365 e. The van der Waals surface area contributed by atoms with Crippen molar-refractivity contribution in [2.75, 3.05) is 5.32 Å². The zero-order chi connectivity index (χ0) is 11.0. The number of anilines is 1.